The van der Waals surface area contributed by atoms with Crippen molar-refractivity contribution in [3.05, 3.63) is 30.0 Å². The Bertz CT molecular complexity index is 839. The van der Waals surface area contributed by atoms with Crippen molar-refractivity contribution in [3.8, 4) is 0 Å². The monoisotopic (exact) mass is 413 g/mol. The largest absolute Gasteiger partial charge is 0.353 e. The maximum Gasteiger partial charge on any atom is 0.272 e. The Kier molecular flexibility index (Phi) is 8.25. The van der Waals surface area contributed by atoms with Gasteiger partial charge in [0.2, 0.25) is 5.91 Å². The minimum absolute atomic E-state index is 0.112. The number of para-hydroxylation sites is 1. The fraction of sp³-hybridized carbons (Fsp3) is 0.609. The molecule has 0 unspecified atom stereocenters. The lowest BCUT2D eigenvalue weighted by atomic mass is 10.0. The van der Waals surface area contributed by atoms with Crippen LogP contribution in [0, 0.1) is 0 Å². The maximum atomic E-state index is 12.7. The lowest BCUT2D eigenvalue weighted by Crippen LogP contribution is -2.46. The van der Waals surface area contributed by atoms with Gasteiger partial charge in [-0.3, -0.25) is 14.3 Å². The Morgan fingerprint density at radius 3 is 2.60 bits per heavy atom. The third-order valence-corrected chi connectivity index (χ3v) is 5.73. The first kappa shape index (κ1) is 22.3. The van der Waals surface area contributed by atoms with Crippen LogP contribution < -0.4 is 10.6 Å². The van der Waals surface area contributed by atoms with Gasteiger partial charge in [-0.1, -0.05) is 38.5 Å². The molecule has 2 heterocycles. The molecule has 7 nitrogen and oxygen atoms in total. The number of aryl methyl sites for hydroxylation is 1. The lowest BCUT2D eigenvalue weighted by Gasteiger charge is -2.32. The number of benzene rings is 1. The first-order valence-corrected chi connectivity index (χ1v) is 11.4. The normalized spacial score (nSPS) is 15.4. The molecule has 0 aliphatic carbocycles. The third-order valence-electron chi connectivity index (χ3n) is 5.73. The molecule has 0 bridgehead atoms. The van der Waals surface area contributed by atoms with Crippen LogP contribution in [-0.4, -0.2) is 58.7 Å². The van der Waals surface area contributed by atoms with Crippen molar-refractivity contribution in [1.82, 2.24) is 25.3 Å². The van der Waals surface area contributed by atoms with Gasteiger partial charge in [-0.15, -0.1) is 0 Å². The molecule has 2 aromatic rings. The summed E-state index contributed by atoms with van der Waals surface area (Å²) in [6.45, 7) is 8.32. The number of hydrogen-bond donors (Lipinski definition) is 2. The van der Waals surface area contributed by atoms with Crippen LogP contribution in [0.2, 0.25) is 0 Å². The van der Waals surface area contributed by atoms with Crippen LogP contribution in [0.4, 0.5) is 0 Å². The predicted molar refractivity (Wildman–Crippen MR) is 119 cm³/mol. The SMILES string of the molecule is CCCCC(=O)NC1CCN(CCNC(=O)c2nn(CCC)c3ccccc23)CC1. The number of amides is 2. The number of unbranched alkanes of at least 4 members (excludes halogenated alkanes) is 1. The molecule has 0 radical (unpaired) electrons. The topological polar surface area (TPSA) is 79.3 Å². The van der Waals surface area contributed by atoms with E-state index in [0.717, 1.165) is 69.2 Å². The molecule has 1 aliphatic rings. The maximum absolute atomic E-state index is 12.7. The van der Waals surface area contributed by atoms with Gasteiger partial charge in [0.05, 0.1) is 5.52 Å². The van der Waals surface area contributed by atoms with Gasteiger partial charge in [-0.2, -0.15) is 5.10 Å². The quantitative estimate of drug-likeness (QED) is 0.628. The van der Waals surface area contributed by atoms with Crippen LogP contribution in [0.3, 0.4) is 0 Å². The van der Waals surface area contributed by atoms with Gasteiger partial charge in [0.1, 0.15) is 0 Å². The number of nitrogens with zero attached hydrogens (tertiary/aromatic N) is 3. The van der Waals surface area contributed by atoms with E-state index >= 15 is 0 Å². The molecule has 1 fully saturated rings. The van der Waals surface area contributed by atoms with Crippen LogP contribution in [-0.2, 0) is 11.3 Å². The number of carbonyl (C=O) groups excluding carboxylic acids is 2. The Morgan fingerprint density at radius 2 is 1.87 bits per heavy atom. The summed E-state index contributed by atoms with van der Waals surface area (Å²) in [4.78, 5) is 27.0. The molecule has 7 heteroatoms. The summed E-state index contributed by atoms with van der Waals surface area (Å²) < 4.78 is 1.92. The van der Waals surface area contributed by atoms with Crippen LogP contribution in [0.15, 0.2) is 24.3 Å². The summed E-state index contributed by atoms with van der Waals surface area (Å²) in [7, 11) is 0. The van der Waals surface area contributed by atoms with E-state index in [-0.39, 0.29) is 17.9 Å². The highest BCUT2D eigenvalue weighted by molar-refractivity contribution is 6.04. The number of likely N-dealkylation sites (tertiary alicyclic amines) is 1. The molecule has 1 saturated heterocycles. The molecule has 30 heavy (non-hydrogen) atoms. The van der Waals surface area contributed by atoms with E-state index in [4.69, 9.17) is 0 Å². The summed E-state index contributed by atoms with van der Waals surface area (Å²) in [6, 6.07) is 8.19. The average molecular weight is 414 g/mol. The molecule has 1 aromatic carbocycles. The number of piperidine rings is 1. The average Bonchev–Trinajstić information content (AvgIpc) is 3.12. The zero-order valence-corrected chi connectivity index (χ0v) is 18.3. The van der Waals surface area contributed by atoms with Crippen molar-refractivity contribution in [2.75, 3.05) is 26.2 Å². The molecule has 2 N–H and O–H groups in total. The number of fused-ring (bicyclic) bond motifs is 1. The first-order chi connectivity index (χ1) is 14.6. The molecular weight excluding hydrogens is 378 g/mol. The minimum atomic E-state index is -0.112. The third kappa shape index (κ3) is 5.81. The van der Waals surface area contributed by atoms with Gasteiger partial charge < -0.3 is 15.5 Å². The fourth-order valence-electron chi connectivity index (χ4n) is 4.03. The van der Waals surface area contributed by atoms with E-state index in [9.17, 15) is 9.59 Å². The Labute approximate surface area is 179 Å². The molecule has 0 atom stereocenters. The number of carbonyl (C=O) groups is 2. The van der Waals surface area contributed by atoms with Crippen molar-refractivity contribution >= 4 is 22.7 Å². The molecule has 3 rings (SSSR count). The number of aromatic nitrogens is 2. The molecule has 0 saturated carbocycles. The van der Waals surface area contributed by atoms with Crippen molar-refractivity contribution in [3.63, 3.8) is 0 Å². The van der Waals surface area contributed by atoms with Crippen molar-refractivity contribution in [2.45, 2.75) is 65.0 Å². The Morgan fingerprint density at radius 1 is 1.10 bits per heavy atom. The van der Waals surface area contributed by atoms with Crippen molar-refractivity contribution in [2.24, 2.45) is 0 Å². The second kappa shape index (κ2) is 11.1. The highest BCUT2D eigenvalue weighted by Gasteiger charge is 2.21. The molecular formula is C23H35N5O2. The summed E-state index contributed by atoms with van der Waals surface area (Å²) >= 11 is 0. The second-order valence-corrected chi connectivity index (χ2v) is 8.13. The zero-order valence-electron chi connectivity index (χ0n) is 18.3. The standard InChI is InChI=1S/C23H35N5O2/c1-3-5-10-21(29)25-18-11-15-27(16-12-18)17-13-24-23(30)22-19-8-6-7-9-20(19)28(26-22)14-4-2/h6-9,18H,3-5,10-17H2,1-2H3,(H,24,30)(H,25,29). The highest BCUT2D eigenvalue weighted by atomic mass is 16.2. The minimum Gasteiger partial charge on any atom is -0.353 e. The fourth-order valence-corrected chi connectivity index (χ4v) is 4.03. The smallest absolute Gasteiger partial charge is 0.272 e. The van der Waals surface area contributed by atoms with Crippen LogP contribution >= 0.6 is 0 Å². The van der Waals surface area contributed by atoms with Crippen LogP contribution in [0.25, 0.3) is 10.9 Å². The van der Waals surface area contributed by atoms with Gasteiger partial charge >= 0.3 is 0 Å². The van der Waals surface area contributed by atoms with Crippen LogP contribution in [0.1, 0.15) is 62.9 Å². The first-order valence-electron chi connectivity index (χ1n) is 11.4. The second-order valence-electron chi connectivity index (χ2n) is 8.13. The van der Waals surface area contributed by atoms with E-state index < -0.39 is 0 Å². The van der Waals surface area contributed by atoms with Crippen molar-refractivity contribution < 1.29 is 9.59 Å². The zero-order chi connectivity index (χ0) is 21.3. The summed E-state index contributed by atoms with van der Waals surface area (Å²) in [5.41, 5.74) is 1.51. The molecule has 164 valence electrons. The summed E-state index contributed by atoms with van der Waals surface area (Å²) in [5, 5.41) is 11.6. The number of rotatable bonds is 10. The van der Waals surface area contributed by atoms with E-state index in [1.54, 1.807) is 0 Å². The Hall–Kier alpha value is -2.41. The number of hydrogen-bond acceptors (Lipinski definition) is 4. The van der Waals surface area contributed by atoms with Gasteiger partial charge in [0.15, 0.2) is 5.69 Å². The van der Waals surface area contributed by atoms with E-state index in [1.807, 2.05) is 28.9 Å². The summed E-state index contributed by atoms with van der Waals surface area (Å²) in [6.07, 6.45) is 5.55. The highest BCUT2D eigenvalue weighted by Crippen LogP contribution is 2.18. The van der Waals surface area contributed by atoms with Gasteiger partial charge in [-0.25, -0.2) is 0 Å². The Balaban J connectivity index is 1.44. The lowest BCUT2D eigenvalue weighted by molar-refractivity contribution is -0.122. The molecule has 2 amide bonds. The molecule has 1 aliphatic heterocycles. The van der Waals surface area contributed by atoms with E-state index in [2.05, 4.69) is 34.5 Å². The van der Waals surface area contributed by atoms with Gasteiger partial charge in [-0.05, 0) is 31.7 Å². The molecule has 1 aromatic heterocycles. The predicted octanol–water partition coefficient (Wildman–Crippen LogP) is 2.95. The van der Waals surface area contributed by atoms with E-state index in [0.29, 0.717) is 18.7 Å². The number of nitrogens with one attached hydrogen (secondary N) is 2. The summed E-state index contributed by atoms with van der Waals surface area (Å²) in [5.74, 6) is 0.0661. The van der Waals surface area contributed by atoms with Gasteiger partial charge in [0.25, 0.3) is 5.91 Å². The molecule has 0 spiro atoms. The van der Waals surface area contributed by atoms with Gasteiger partial charge in [0, 0.05) is 50.6 Å². The van der Waals surface area contributed by atoms with Crippen molar-refractivity contribution in [1.29, 1.82) is 0 Å². The van der Waals surface area contributed by atoms with Crippen LogP contribution in [0.5, 0.6) is 0 Å². The van der Waals surface area contributed by atoms with E-state index in [1.165, 1.54) is 0 Å².